The molecule has 0 saturated carbocycles. The molecule has 0 aliphatic carbocycles. The molecule has 1 saturated heterocycles. The molecular weight excluding hydrogens is 198 g/mol. The Morgan fingerprint density at radius 1 is 1.36 bits per heavy atom. The number of hydroxylamine groups is 2. The van der Waals surface area contributed by atoms with Crippen LogP contribution in [0.25, 0.3) is 0 Å². The molecule has 0 aromatic heterocycles. The van der Waals surface area contributed by atoms with E-state index >= 15 is 0 Å². The number of piperidine rings is 1. The van der Waals surface area contributed by atoms with Crippen molar-refractivity contribution in [2.24, 2.45) is 5.41 Å². The highest BCUT2D eigenvalue weighted by Crippen LogP contribution is 2.19. The lowest BCUT2D eigenvalue weighted by Gasteiger charge is -2.30. The fraction of sp³-hybridized carbons (Fsp3) is 0.900. The third-order valence-electron chi connectivity index (χ3n) is 2.25. The van der Waals surface area contributed by atoms with Crippen molar-refractivity contribution < 1.29 is 9.63 Å². The molecule has 82 valence electrons. The molecule has 1 aliphatic rings. The van der Waals surface area contributed by atoms with Crippen LogP contribution in [-0.4, -0.2) is 29.4 Å². The second-order valence-corrected chi connectivity index (χ2v) is 5.52. The molecule has 4 heteroatoms. The monoisotopic (exact) mass is 217 g/mol. The number of hydrogen-bond donors (Lipinski definition) is 1. The summed E-state index contributed by atoms with van der Waals surface area (Å²) in [5.41, 5.74) is -0.419. The molecule has 0 unspecified atom stereocenters. The van der Waals surface area contributed by atoms with Crippen LogP contribution in [0.4, 0.5) is 0 Å². The smallest absolute Gasteiger partial charge is 0.330 e. The van der Waals surface area contributed by atoms with Gasteiger partial charge in [-0.25, -0.2) is 4.79 Å². The molecule has 0 bridgehead atoms. The van der Waals surface area contributed by atoms with E-state index in [4.69, 9.17) is 4.84 Å². The Morgan fingerprint density at radius 2 is 1.86 bits per heavy atom. The zero-order chi connectivity index (χ0) is 10.8. The number of rotatable bonds is 1. The Morgan fingerprint density at radius 3 is 2.29 bits per heavy atom. The van der Waals surface area contributed by atoms with Crippen LogP contribution < -0.4 is 0 Å². The van der Waals surface area contributed by atoms with Gasteiger partial charge < -0.3 is 4.84 Å². The minimum absolute atomic E-state index is 0.157. The molecule has 0 atom stereocenters. The number of carbonyl (C=O) groups is 1. The number of hydrogen-bond acceptors (Lipinski definition) is 4. The molecule has 1 aliphatic heterocycles. The molecular formula is C10H19NO2S. The molecule has 1 fully saturated rings. The lowest BCUT2D eigenvalue weighted by molar-refractivity contribution is -0.203. The topological polar surface area (TPSA) is 29.5 Å². The fourth-order valence-corrected chi connectivity index (χ4v) is 1.42. The Hall–Kier alpha value is -0.220. The van der Waals surface area contributed by atoms with Crippen molar-refractivity contribution in [2.45, 2.75) is 38.9 Å². The van der Waals surface area contributed by atoms with E-state index in [-0.39, 0.29) is 5.97 Å². The zero-order valence-corrected chi connectivity index (χ0v) is 10.0. The zero-order valence-electron chi connectivity index (χ0n) is 9.12. The van der Waals surface area contributed by atoms with Crippen molar-refractivity contribution in [3.63, 3.8) is 0 Å². The maximum Gasteiger partial charge on any atom is 0.330 e. The van der Waals surface area contributed by atoms with Gasteiger partial charge >= 0.3 is 5.97 Å². The Balaban J connectivity index is 2.35. The average Bonchev–Trinajstić information content (AvgIpc) is 2.07. The van der Waals surface area contributed by atoms with E-state index in [2.05, 4.69) is 12.6 Å². The first-order valence-electron chi connectivity index (χ1n) is 5.05. The van der Waals surface area contributed by atoms with Crippen LogP contribution >= 0.6 is 12.6 Å². The summed E-state index contributed by atoms with van der Waals surface area (Å²) in [4.78, 5) is 16.8. The van der Waals surface area contributed by atoms with Crippen LogP contribution in [0.3, 0.4) is 0 Å². The number of nitrogens with zero attached hydrogens (tertiary/aromatic N) is 1. The van der Waals surface area contributed by atoms with Gasteiger partial charge in [-0.05, 0) is 33.6 Å². The summed E-state index contributed by atoms with van der Waals surface area (Å²) in [6, 6.07) is 0. The average molecular weight is 217 g/mol. The summed E-state index contributed by atoms with van der Waals surface area (Å²) in [5, 5.41) is 2.21. The van der Waals surface area contributed by atoms with E-state index in [9.17, 15) is 4.79 Å². The quantitative estimate of drug-likeness (QED) is 0.680. The van der Waals surface area contributed by atoms with Crippen LogP contribution in [0.1, 0.15) is 33.6 Å². The normalized spacial score (nSPS) is 20.9. The summed E-state index contributed by atoms with van der Waals surface area (Å²) >= 11 is 4.38. The number of carbonyl (C=O) groups excluding carboxylic acids is 1. The highest BCUT2D eigenvalue weighted by atomic mass is 32.1. The van der Waals surface area contributed by atoms with E-state index in [1.807, 2.05) is 20.8 Å². The highest BCUT2D eigenvalue weighted by molar-refractivity contribution is 7.80. The lowest BCUT2D eigenvalue weighted by atomic mass is 9.98. The Labute approximate surface area is 91.2 Å². The van der Waals surface area contributed by atoms with Crippen LogP contribution in [0.2, 0.25) is 0 Å². The van der Waals surface area contributed by atoms with Gasteiger partial charge in [-0.2, -0.15) is 12.6 Å². The third-order valence-corrected chi connectivity index (χ3v) is 2.76. The van der Waals surface area contributed by atoms with Crippen molar-refractivity contribution in [2.75, 3.05) is 13.1 Å². The largest absolute Gasteiger partial charge is 0.367 e. The minimum atomic E-state index is -0.419. The van der Waals surface area contributed by atoms with Gasteiger partial charge in [0.2, 0.25) is 0 Å². The summed E-state index contributed by atoms with van der Waals surface area (Å²) in [6.45, 7) is 7.19. The van der Waals surface area contributed by atoms with Gasteiger partial charge in [0, 0.05) is 18.3 Å². The van der Waals surface area contributed by atoms with Crippen LogP contribution in [0.5, 0.6) is 0 Å². The molecule has 0 amide bonds. The molecule has 0 spiro atoms. The molecule has 3 nitrogen and oxygen atoms in total. The first kappa shape index (κ1) is 11.9. The summed E-state index contributed by atoms with van der Waals surface area (Å²) in [5.74, 6) is -0.157. The summed E-state index contributed by atoms with van der Waals surface area (Å²) < 4.78 is 0. The predicted molar refractivity (Wildman–Crippen MR) is 59.1 cm³/mol. The summed E-state index contributed by atoms with van der Waals surface area (Å²) in [6.07, 6.45) is 1.97. The van der Waals surface area contributed by atoms with Crippen molar-refractivity contribution in [3.8, 4) is 0 Å². The standard InChI is InChI=1S/C10H19NO2S/c1-10(2,3)9(12)13-11-6-4-8(14)5-7-11/h8,14H,4-7H2,1-3H3. The van der Waals surface area contributed by atoms with E-state index in [0.717, 1.165) is 25.9 Å². The van der Waals surface area contributed by atoms with E-state index < -0.39 is 5.41 Å². The molecule has 0 radical (unpaired) electrons. The van der Waals surface area contributed by atoms with Crippen molar-refractivity contribution in [3.05, 3.63) is 0 Å². The predicted octanol–water partition coefficient (Wildman–Crippen LogP) is 1.88. The maximum atomic E-state index is 11.5. The minimum Gasteiger partial charge on any atom is -0.367 e. The molecule has 1 heterocycles. The number of thiol groups is 1. The molecule has 0 aromatic carbocycles. The molecule has 14 heavy (non-hydrogen) atoms. The second-order valence-electron chi connectivity index (χ2n) is 4.79. The third kappa shape index (κ3) is 3.50. The Kier molecular flexibility index (Phi) is 3.84. The van der Waals surface area contributed by atoms with Gasteiger partial charge in [0.15, 0.2) is 0 Å². The van der Waals surface area contributed by atoms with Crippen LogP contribution in [0.15, 0.2) is 0 Å². The van der Waals surface area contributed by atoms with E-state index in [1.165, 1.54) is 0 Å². The van der Waals surface area contributed by atoms with Crippen molar-refractivity contribution in [1.29, 1.82) is 0 Å². The lowest BCUT2D eigenvalue weighted by Crippen LogP contribution is -2.39. The molecule has 0 N–H and O–H groups in total. The SMILES string of the molecule is CC(C)(C)C(=O)ON1CCC(S)CC1. The van der Waals surface area contributed by atoms with Crippen molar-refractivity contribution >= 4 is 18.6 Å². The summed E-state index contributed by atoms with van der Waals surface area (Å²) in [7, 11) is 0. The maximum absolute atomic E-state index is 11.5. The van der Waals surface area contributed by atoms with Gasteiger partial charge in [0.1, 0.15) is 0 Å². The van der Waals surface area contributed by atoms with Gasteiger partial charge in [-0.3, -0.25) is 0 Å². The second kappa shape index (κ2) is 4.53. The van der Waals surface area contributed by atoms with Crippen molar-refractivity contribution in [1.82, 2.24) is 5.06 Å². The van der Waals surface area contributed by atoms with Gasteiger partial charge in [-0.1, -0.05) is 0 Å². The van der Waals surface area contributed by atoms with Crippen LogP contribution in [0, 0.1) is 5.41 Å². The van der Waals surface area contributed by atoms with Gasteiger partial charge in [0.25, 0.3) is 0 Å². The van der Waals surface area contributed by atoms with E-state index in [0.29, 0.717) is 5.25 Å². The van der Waals surface area contributed by atoms with Gasteiger partial charge in [0.05, 0.1) is 5.41 Å². The molecule has 1 rings (SSSR count). The first-order valence-corrected chi connectivity index (χ1v) is 5.56. The van der Waals surface area contributed by atoms with E-state index in [1.54, 1.807) is 5.06 Å². The highest BCUT2D eigenvalue weighted by Gasteiger charge is 2.27. The van der Waals surface area contributed by atoms with Gasteiger partial charge in [-0.15, -0.1) is 5.06 Å². The first-order chi connectivity index (χ1) is 6.39. The Bertz CT molecular complexity index is 205. The fourth-order valence-electron chi connectivity index (χ4n) is 1.19. The molecule has 0 aromatic rings. The van der Waals surface area contributed by atoms with Crippen LogP contribution in [-0.2, 0) is 9.63 Å².